The number of aliphatic imine (C=N–C) groups is 1. The Morgan fingerprint density at radius 2 is 1.76 bits per heavy atom. The van der Waals surface area contributed by atoms with Gasteiger partial charge in [-0.15, -0.1) is 0 Å². The summed E-state index contributed by atoms with van der Waals surface area (Å²) >= 11 is 1.53. The van der Waals surface area contributed by atoms with Gasteiger partial charge < -0.3 is 64.0 Å². The van der Waals surface area contributed by atoms with E-state index in [4.69, 9.17) is 33.4 Å². The molecule has 0 radical (unpaired) electrons. The standard InChI is InChI=1S/C44H76N6O12S/c1-24(2)46-42-49(10)31-18-26(4)59-41(36(31)61-42)62-37-27(5)35(60-34-20-44(8,57-11)32(51)23-58-34)28(6)38(53)47-29(15-17-63-12)40(55)50-16-13-14-30(50)39(54)45-21-33(52)48(9)22-25(3)19-43(37,7)56/h24-32,34-37,41,51,56H,13-23H2,1-12H3,(H,45,54)(H,47,53)/b46-42+/t25-,26-,27+,28-,29+,30+,31+,32+,34+,35-,36-,37-,41+,43-,44-/m1/s1. The van der Waals surface area contributed by atoms with Crippen molar-refractivity contribution in [2.45, 2.75) is 172 Å². The highest BCUT2D eigenvalue weighted by Crippen LogP contribution is 2.40. The number of fused-ring (bicyclic) bond motifs is 2. The fraction of sp³-hybridized carbons (Fsp3) is 0.886. The summed E-state index contributed by atoms with van der Waals surface area (Å²) in [5.74, 6) is -3.08. The van der Waals surface area contributed by atoms with E-state index in [1.54, 1.807) is 27.8 Å². The van der Waals surface area contributed by atoms with Crippen LogP contribution in [0.25, 0.3) is 0 Å². The summed E-state index contributed by atoms with van der Waals surface area (Å²) in [5.41, 5.74) is -2.66. The minimum Gasteiger partial charge on any atom is -0.454 e. The molecule has 4 amide bonds. The van der Waals surface area contributed by atoms with Crippen molar-refractivity contribution in [1.82, 2.24) is 25.3 Å². The minimum atomic E-state index is -1.64. The Bertz CT molecular complexity index is 1620. The van der Waals surface area contributed by atoms with Gasteiger partial charge in [-0.25, -0.2) is 4.99 Å². The molecule has 0 aromatic rings. The van der Waals surface area contributed by atoms with E-state index in [0.717, 1.165) is 0 Å². The largest absolute Gasteiger partial charge is 0.454 e. The average Bonchev–Trinajstić information content (AvgIpc) is 3.83. The Balaban J connectivity index is 1.59. The summed E-state index contributed by atoms with van der Waals surface area (Å²) < 4.78 is 38.7. The second-order valence-corrected chi connectivity index (χ2v) is 20.3. The smallest absolute Gasteiger partial charge is 0.288 e. The van der Waals surface area contributed by atoms with E-state index < -0.39 is 83.9 Å². The SMILES string of the molecule is CO[C@]1(C)C[C@H](O[C@@H]2[C@H](C)[C@@H](O[C@@H]3O[C@H](C)C[C@H]4[C@H]3O/C(=N/C(C)C)N4C)[C@](C)(O)C[C@@H](C)CN(C)C(=O)CNC(=O)[C@@H]3CCCN3C(=O)[C@H](CCSC)NC(=O)[C@@H]2C)OC[C@@H]1O. The number of rotatable bonds is 9. The Labute approximate surface area is 378 Å². The second-order valence-electron chi connectivity index (χ2n) is 19.3. The first-order chi connectivity index (χ1) is 29.6. The summed E-state index contributed by atoms with van der Waals surface area (Å²) in [6, 6.07) is -1.46. The van der Waals surface area contributed by atoms with Gasteiger partial charge in [0.15, 0.2) is 18.7 Å². The maximum absolute atomic E-state index is 14.7. The molecule has 5 rings (SSSR count). The van der Waals surface area contributed by atoms with Gasteiger partial charge in [-0.2, -0.15) is 11.8 Å². The molecule has 5 aliphatic heterocycles. The van der Waals surface area contributed by atoms with Crippen molar-refractivity contribution in [1.29, 1.82) is 0 Å². The van der Waals surface area contributed by atoms with Gasteiger partial charge in [0.1, 0.15) is 18.2 Å². The highest BCUT2D eigenvalue weighted by atomic mass is 32.2. The lowest BCUT2D eigenvalue weighted by atomic mass is 9.77. The molecule has 15 atom stereocenters. The fourth-order valence-electron chi connectivity index (χ4n) is 9.88. The van der Waals surface area contributed by atoms with Crippen molar-refractivity contribution in [2.75, 3.05) is 59.5 Å². The van der Waals surface area contributed by atoms with Crippen molar-refractivity contribution in [3.63, 3.8) is 0 Å². The first-order valence-corrected chi connectivity index (χ1v) is 24.1. The van der Waals surface area contributed by atoms with Gasteiger partial charge in [0, 0.05) is 52.7 Å². The number of methoxy groups -OCH3 is 1. The summed E-state index contributed by atoms with van der Waals surface area (Å²) in [6.45, 7) is 15.1. The van der Waals surface area contributed by atoms with Crippen LogP contribution in [0.2, 0.25) is 0 Å². The number of thioether (sulfide) groups is 1. The highest BCUT2D eigenvalue weighted by molar-refractivity contribution is 7.98. The topological polar surface area (TPSA) is 210 Å². The van der Waals surface area contributed by atoms with Crippen LogP contribution in [0.5, 0.6) is 0 Å². The lowest BCUT2D eigenvalue weighted by Crippen LogP contribution is -2.59. The van der Waals surface area contributed by atoms with Crippen LogP contribution in [-0.2, 0) is 47.6 Å². The molecular formula is C44H76N6O12S. The normalized spacial score (nSPS) is 41.1. The third-order valence-corrected chi connectivity index (χ3v) is 14.2. The van der Waals surface area contributed by atoms with E-state index in [1.807, 2.05) is 52.8 Å². The average molecular weight is 913 g/mol. The number of carbonyl (C=O) groups excluding carboxylic acids is 4. The van der Waals surface area contributed by atoms with Crippen molar-refractivity contribution in [3.05, 3.63) is 0 Å². The molecule has 4 N–H and O–H groups in total. The molecule has 18 nitrogen and oxygen atoms in total. The Hall–Kier alpha value is -2.78. The number of amides is 4. The van der Waals surface area contributed by atoms with E-state index in [2.05, 4.69) is 10.6 Å². The molecule has 63 heavy (non-hydrogen) atoms. The second kappa shape index (κ2) is 21.7. The quantitative estimate of drug-likeness (QED) is 0.260. The first kappa shape index (κ1) is 51.2. The first-order valence-electron chi connectivity index (χ1n) is 22.7. The molecule has 19 heteroatoms. The molecule has 0 unspecified atom stereocenters. The summed E-state index contributed by atoms with van der Waals surface area (Å²) in [5, 5.41) is 29.5. The number of amidine groups is 1. The van der Waals surface area contributed by atoms with E-state index in [1.165, 1.54) is 28.7 Å². The molecule has 0 bridgehead atoms. The molecule has 360 valence electrons. The number of hydrogen-bond acceptors (Lipinski definition) is 14. The number of aliphatic hydroxyl groups is 2. The number of nitrogens with zero attached hydrogens (tertiary/aromatic N) is 4. The minimum absolute atomic E-state index is 0.0315. The Kier molecular flexibility index (Phi) is 17.6. The van der Waals surface area contributed by atoms with Gasteiger partial charge in [-0.05, 0) is 84.6 Å². The van der Waals surface area contributed by atoms with Gasteiger partial charge in [-0.1, -0.05) is 20.8 Å². The number of nitrogens with one attached hydrogen (secondary N) is 2. The zero-order valence-corrected chi connectivity index (χ0v) is 40.4. The third-order valence-electron chi connectivity index (χ3n) is 13.5. The summed E-state index contributed by atoms with van der Waals surface area (Å²) in [6.07, 6.45) is -1.66. The molecule has 0 aliphatic carbocycles. The number of hydrogen-bond donors (Lipinski definition) is 4. The molecule has 0 aromatic carbocycles. The van der Waals surface area contributed by atoms with Crippen LogP contribution in [0, 0.1) is 17.8 Å². The maximum Gasteiger partial charge on any atom is 0.288 e. The van der Waals surface area contributed by atoms with Gasteiger partial charge in [0.25, 0.3) is 6.02 Å². The Morgan fingerprint density at radius 3 is 2.43 bits per heavy atom. The third kappa shape index (κ3) is 12.2. The van der Waals surface area contributed by atoms with Crippen LogP contribution < -0.4 is 10.6 Å². The number of carbonyl (C=O) groups is 4. The predicted octanol–water partition coefficient (Wildman–Crippen LogP) is 1.73. The predicted molar refractivity (Wildman–Crippen MR) is 237 cm³/mol. The van der Waals surface area contributed by atoms with Crippen LogP contribution in [0.1, 0.15) is 93.9 Å². The zero-order chi connectivity index (χ0) is 46.6. The Morgan fingerprint density at radius 1 is 1.05 bits per heavy atom. The molecular weight excluding hydrogens is 837 g/mol. The molecule has 5 aliphatic rings. The summed E-state index contributed by atoms with van der Waals surface area (Å²) in [4.78, 5) is 65.9. The van der Waals surface area contributed by atoms with Crippen molar-refractivity contribution in [2.24, 2.45) is 22.7 Å². The van der Waals surface area contributed by atoms with E-state index >= 15 is 0 Å². The highest BCUT2D eigenvalue weighted by Gasteiger charge is 2.54. The fourth-order valence-corrected chi connectivity index (χ4v) is 10.4. The number of aliphatic hydroxyl groups excluding tert-OH is 1. The van der Waals surface area contributed by atoms with E-state index in [0.29, 0.717) is 44.0 Å². The zero-order valence-electron chi connectivity index (χ0n) is 39.5. The van der Waals surface area contributed by atoms with Crippen molar-refractivity contribution < 1.29 is 57.8 Å². The van der Waals surface area contributed by atoms with Crippen molar-refractivity contribution >= 4 is 41.4 Å². The van der Waals surface area contributed by atoms with E-state index in [-0.39, 0.29) is 68.5 Å². The van der Waals surface area contributed by atoms with Gasteiger partial charge in [0.2, 0.25) is 23.6 Å². The van der Waals surface area contributed by atoms with Crippen LogP contribution in [0.4, 0.5) is 0 Å². The number of likely N-dealkylation sites (N-methyl/N-ethyl adjacent to an activating group) is 2. The van der Waals surface area contributed by atoms with Crippen LogP contribution in [-0.4, -0.2) is 192 Å². The molecule has 5 fully saturated rings. The molecule has 5 heterocycles. The lowest BCUT2D eigenvalue weighted by Gasteiger charge is -2.47. The van der Waals surface area contributed by atoms with Gasteiger partial charge in [-0.3, -0.25) is 19.2 Å². The van der Waals surface area contributed by atoms with Crippen LogP contribution >= 0.6 is 11.8 Å². The molecule has 0 saturated carbocycles. The number of ether oxygens (including phenoxy) is 6. The molecule has 0 spiro atoms. The lowest BCUT2D eigenvalue weighted by molar-refractivity contribution is -0.303. The van der Waals surface area contributed by atoms with Crippen LogP contribution in [0.15, 0.2) is 4.99 Å². The monoisotopic (exact) mass is 913 g/mol. The molecule has 5 saturated heterocycles. The maximum atomic E-state index is 14.7. The van der Waals surface area contributed by atoms with Gasteiger partial charge in [0.05, 0.1) is 54.6 Å². The summed E-state index contributed by atoms with van der Waals surface area (Å²) in [7, 11) is 5.09. The van der Waals surface area contributed by atoms with Crippen molar-refractivity contribution in [3.8, 4) is 0 Å². The van der Waals surface area contributed by atoms with E-state index in [9.17, 15) is 29.4 Å². The van der Waals surface area contributed by atoms with Gasteiger partial charge >= 0.3 is 0 Å². The van der Waals surface area contributed by atoms with Crippen LogP contribution in [0.3, 0.4) is 0 Å². The molecule has 0 aromatic heterocycles.